The fourth-order valence-electron chi connectivity index (χ4n) is 3.26. The van der Waals surface area contributed by atoms with Gasteiger partial charge >= 0.3 is 0 Å². The molecule has 0 saturated carbocycles. The lowest BCUT2D eigenvalue weighted by atomic mass is 10.1. The monoisotopic (exact) mass is 347 g/mol. The van der Waals surface area contributed by atoms with E-state index in [4.69, 9.17) is 0 Å². The van der Waals surface area contributed by atoms with Crippen LogP contribution in [0.5, 0.6) is 0 Å². The van der Waals surface area contributed by atoms with E-state index in [2.05, 4.69) is 15.4 Å². The first kappa shape index (κ1) is 16.4. The van der Waals surface area contributed by atoms with Crippen LogP contribution in [0.1, 0.15) is 35.2 Å². The van der Waals surface area contributed by atoms with Crippen molar-refractivity contribution >= 4 is 5.91 Å². The smallest absolute Gasteiger partial charge is 0.253 e. The van der Waals surface area contributed by atoms with Gasteiger partial charge in [-0.1, -0.05) is 42.5 Å². The van der Waals surface area contributed by atoms with E-state index in [-0.39, 0.29) is 5.91 Å². The maximum Gasteiger partial charge on any atom is 0.253 e. The van der Waals surface area contributed by atoms with Gasteiger partial charge in [-0.3, -0.25) is 4.79 Å². The second-order valence-corrected chi connectivity index (χ2v) is 6.56. The van der Waals surface area contributed by atoms with Gasteiger partial charge in [0.25, 0.3) is 5.91 Å². The molecule has 26 heavy (non-hydrogen) atoms. The molecule has 132 valence electrons. The zero-order valence-corrected chi connectivity index (χ0v) is 14.6. The second kappa shape index (κ2) is 7.47. The first-order valence-electron chi connectivity index (χ1n) is 9.01. The number of tetrazole rings is 1. The van der Waals surface area contributed by atoms with Gasteiger partial charge in [0, 0.05) is 24.2 Å². The first-order chi connectivity index (χ1) is 12.8. The van der Waals surface area contributed by atoms with Crippen molar-refractivity contribution in [3.8, 4) is 11.4 Å². The number of nitrogens with zero attached hydrogens (tertiary/aromatic N) is 5. The highest BCUT2D eigenvalue weighted by molar-refractivity contribution is 5.94. The largest absolute Gasteiger partial charge is 0.339 e. The highest BCUT2D eigenvalue weighted by Gasteiger charge is 2.18. The third-order valence-electron chi connectivity index (χ3n) is 4.63. The average molecular weight is 347 g/mol. The molecule has 1 saturated heterocycles. The summed E-state index contributed by atoms with van der Waals surface area (Å²) in [5.74, 6) is 0.717. The van der Waals surface area contributed by atoms with Gasteiger partial charge in [0.05, 0.1) is 6.54 Å². The van der Waals surface area contributed by atoms with Crippen LogP contribution in [0.15, 0.2) is 54.6 Å². The Balaban J connectivity index is 1.49. The Hall–Kier alpha value is -3.02. The van der Waals surface area contributed by atoms with Gasteiger partial charge in [-0.05, 0) is 42.2 Å². The molecule has 0 radical (unpaired) electrons. The lowest BCUT2D eigenvalue weighted by Gasteiger charge is -2.26. The number of carbonyl (C=O) groups is 1. The second-order valence-electron chi connectivity index (χ2n) is 6.56. The number of likely N-dealkylation sites (tertiary alicyclic amines) is 1. The van der Waals surface area contributed by atoms with Crippen molar-refractivity contribution < 1.29 is 4.79 Å². The van der Waals surface area contributed by atoms with Gasteiger partial charge in [0.2, 0.25) is 5.82 Å². The van der Waals surface area contributed by atoms with Crippen molar-refractivity contribution in [1.82, 2.24) is 25.1 Å². The van der Waals surface area contributed by atoms with Gasteiger partial charge < -0.3 is 4.90 Å². The van der Waals surface area contributed by atoms with Gasteiger partial charge in [0.1, 0.15) is 0 Å². The Morgan fingerprint density at radius 2 is 1.77 bits per heavy atom. The molecule has 0 bridgehead atoms. The van der Waals surface area contributed by atoms with Crippen LogP contribution in [0.4, 0.5) is 0 Å². The molecule has 1 aliphatic rings. The Kier molecular flexibility index (Phi) is 4.73. The molecule has 1 aliphatic heterocycles. The maximum atomic E-state index is 12.7. The first-order valence-corrected chi connectivity index (χ1v) is 9.01. The molecule has 1 fully saturated rings. The number of aromatic nitrogens is 4. The lowest BCUT2D eigenvalue weighted by molar-refractivity contribution is 0.0724. The van der Waals surface area contributed by atoms with E-state index in [0.29, 0.717) is 12.4 Å². The summed E-state index contributed by atoms with van der Waals surface area (Å²) in [7, 11) is 0. The van der Waals surface area contributed by atoms with E-state index in [1.54, 1.807) is 4.80 Å². The fourth-order valence-corrected chi connectivity index (χ4v) is 3.26. The van der Waals surface area contributed by atoms with Gasteiger partial charge in [-0.15, -0.1) is 10.2 Å². The molecule has 1 aromatic heterocycles. The SMILES string of the molecule is O=C(c1cccc(Cn2nnc(-c3ccccc3)n2)c1)N1CCCCC1. The van der Waals surface area contributed by atoms with Crippen LogP contribution in [0.2, 0.25) is 0 Å². The predicted octanol–water partition coefficient (Wildman–Crippen LogP) is 3.01. The number of piperidine rings is 1. The highest BCUT2D eigenvalue weighted by atomic mass is 16.2. The predicted molar refractivity (Wildman–Crippen MR) is 98.6 cm³/mol. The third kappa shape index (κ3) is 3.64. The van der Waals surface area contributed by atoms with Gasteiger partial charge in [-0.25, -0.2) is 0 Å². The summed E-state index contributed by atoms with van der Waals surface area (Å²) in [6, 6.07) is 17.5. The van der Waals surface area contributed by atoms with E-state index >= 15 is 0 Å². The molecule has 3 aromatic rings. The number of carbonyl (C=O) groups excluding carboxylic acids is 1. The highest BCUT2D eigenvalue weighted by Crippen LogP contribution is 2.15. The van der Waals surface area contributed by atoms with Crippen molar-refractivity contribution in [2.24, 2.45) is 0 Å². The zero-order chi connectivity index (χ0) is 17.8. The molecule has 6 nitrogen and oxygen atoms in total. The number of amides is 1. The van der Waals surface area contributed by atoms with E-state index in [0.717, 1.165) is 42.6 Å². The minimum Gasteiger partial charge on any atom is -0.339 e. The minimum absolute atomic E-state index is 0.114. The molecule has 0 spiro atoms. The molecule has 0 N–H and O–H groups in total. The van der Waals surface area contributed by atoms with E-state index in [1.165, 1.54) is 6.42 Å². The summed E-state index contributed by atoms with van der Waals surface area (Å²) in [5.41, 5.74) is 2.66. The van der Waals surface area contributed by atoms with E-state index < -0.39 is 0 Å². The third-order valence-corrected chi connectivity index (χ3v) is 4.63. The van der Waals surface area contributed by atoms with Gasteiger partial charge in [0.15, 0.2) is 0 Å². The fraction of sp³-hybridized carbons (Fsp3) is 0.300. The van der Waals surface area contributed by atoms with Crippen molar-refractivity contribution in [2.45, 2.75) is 25.8 Å². The molecule has 2 aromatic carbocycles. The van der Waals surface area contributed by atoms with Crippen LogP contribution in [0.25, 0.3) is 11.4 Å². The summed E-state index contributed by atoms with van der Waals surface area (Å²) in [6.07, 6.45) is 3.40. The molecular weight excluding hydrogens is 326 g/mol. The molecule has 6 heteroatoms. The Bertz CT molecular complexity index is 884. The topological polar surface area (TPSA) is 63.9 Å². The summed E-state index contributed by atoms with van der Waals surface area (Å²) in [6.45, 7) is 2.20. The van der Waals surface area contributed by atoms with Crippen LogP contribution in [-0.2, 0) is 6.54 Å². The van der Waals surface area contributed by atoms with Crippen LogP contribution < -0.4 is 0 Å². The molecule has 0 aliphatic carbocycles. The molecule has 1 amide bonds. The Morgan fingerprint density at radius 3 is 2.58 bits per heavy atom. The maximum absolute atomic E-state index is 12.7. The molecular formula is C20H21N5O. The normalized spacial score (nSPS) is 14.4. The zero-order valence-electron chi connectivity index (χ0n) is 14.6. The van der Waals surface area contributed by atoms with Gasteiger partial charge in [-0.2, -0.15) is 4.80 Å². The molecule has 2 heterocycles. The molecule has 0 unspecified atom stereocenters. The van der Waals surface area contributed by atoms with Crippen molar-refractivity contribution in [3.63, 3.8) is 0 Å². The minimum atomic E-state index is 0.114. The van der Waals surface area contributed by atoms with E-state index in [1.807, 2.05) is 59.5 Å². The number of rotatable bonds is 4. The Labute approximate surface area is 152 Å². The summed E-state index contributed by atoms with van der Waals surface area (Å²) < 4.78 is 0. The standard InChI is InChI=1S/C20H21N5O/c26-20(24-12-5-2-6-13-24)18-11-7-8-16(14-18)15-25-22-19(21-23-25)17-9-3-1-4-10-17/h1,3-4,7-11,14H,2,5-6,12-13,15H2. The Morgan fingerprint density at radius 1 is 0.962 bits per heavy atom. The quantitative estimate of drug-likeness (QED) is 0.728. The van der Waals surface area contributed by atoms with Crippen LogP contribution in [-0.4, -0.2) is 44.1 Å². The number of hydrogen-bond acceptors (Lipinski definition) is 4. The van der Waals surface area contributed by atoms with E-state index in [9.17, 15) is 4.79 Å². The summed E-state index contributed by atoms with van der Waals surface area (Å²) >= 11 is 0. The van der Waals surface area contributed by atoms with Crippen molar-refractivity contribution in [2.75, 3.05) is 13.1 Å². The number of benzene rings is 2. The summed E-state index contributed by atoms with van der Waals surface area (Å²) in [5, 5.41) is 12.7. The molecule has 0 atom stereocenters. The van der Waals surface area contributed by atoms with Crippen LogP contribution in [0.3, 0.4) is 0 Å². The van der Waals surface area contributed by atoms with Crippen LogP contribution in [0, 0.1) is 0 Å². The average Bonchev–Trinajstić information content (AvgIpc) is 3.17. The number of hydrogen-bond donors (Lipinski definition) is 0. The summed E-state index contributed by atoms with van der Waals surface area (Å²) in [4.78, 5) is 16.2. The molecule has 4 rings (SSSR count). The van der Waals surface area contributed by atoms with Crippen molar-refractivity contribution in [3.05, 3.63) is 65.7 Å². The van der Waals surface area contributed by atoms with Crippen molar-refractivity contribution in [1.29, 1.82) is 0 Å². The van der Waals surface area contributed by atoms with Crippen LogP contribution >= 0.6 is 0 Å². The lowest BCUT2D eigenvalue weighted by Crippen LogP contribution is -2.35.